The van der Waals surface area contributed by atoms with Crippen molar-refractivity contribution in [3.8, 4) is 0 Å². The summed E-state index contributed by atoms with van der Waals surface area (Å²) in [4.78, 5) is 15.2. The number of primary amides is 1. The van der Waals surface area contributed by atoms with Gasteiger partial charge in [-0.15, -0.1) is 0 Å². The van der Waals surface area contributed by atoms with Crippen molar-refractivity contribution in [2.75, 3.05) is 0 Å². The maximum Gasteiger partial charge on any atom is 0.245 e. The van der Waals surface area contributed by atoms with E-state index in [0.717, 1.165) is 22.4 Å². The van der Waals surface area contributed by atoms with Crippen LogP contribution in [0.5, 0.6) is 0 Å². The van der Waals surface area contributed by atoms with Gasteiger partial charge in [0.1, 0.15) is 11.3 Å². The van der Waals surface area contributed by atoms with Gasteiger partial charge in [0.2, 0.25) is 5.91 Å². The number of nitrogens with zero attached hydrogens (tertiary/aromatic N) is 1. The smallest absolute Gasteiger partial charge is 0.245 e. The highest BCUT2D eigenvalue weighted by Gasteiger charge is 2.23. The number of furan rings is 1. The molecule has 1 amide bonds. The third-order valence-corrected chi connectivity index (χ3v) is 2.55. The maximum absolute atomic E-state index is 11.0. The zero-order valence-electron chi connectivity index (χ0n) is 7.86. The monoisotopic (exact) mass is 200 g/mol. The Morgan fingerprint density at radius 2 is 2.40 bits per heavy atom. The highest BCUT2D eigenvalue weighted by Crippen LogP contribution is 2.32. The van der Waals surface area contributed by atoms with Crippen LogP contribution in [-0.2, 0) is 11.2 Å². The van der Waals surface area contributed by atoms with E-state index in [1.807, 2.05) is 12.1 Å². The van der Waals surface area contributed by atoms with Crippen molar-refractivity contribution in [1.29, 1.82) is 0 Å². The van der Waals surface area contributed by atoms with Gasteiger partial charge >= 0.3 is 0 Å². The van der Waals surface area contributed by atoms with Crippen LogP contribution in [0, 0.1) is 0 Å². The fraction of sp³-hybridized carbons (Fsp3) is 0.0909. The number of hydrogen-bond acceptors (Lipinski definition) is 3. The van der Waals surface area contributed by atoms with Crippen molar-refractivity contribution in [3.63, 3.8) is 0 Å². The van der Waals surface area contributed by atoms with Crippen molar-refractivity contribution >= 4 is 23.1 Å². The van der Waals surface area contributed by atoms with Crippen LogP contribution in [0.2, 0.25) is 0 Å². The van der Waals surface area contributed by atoms with Gasteiger partial charge in [0.25, 0.3) is 0 Å². The minimum Gasteiger partial charge on any atom is -0.458 e. The van der Waals surface area contributed by atoms with Gasteiger partial charge in [-0.25, -0.2) is 0 Å². The lowest BCUT2D eigenvalue weighted by Gasteiger charge is -1.92. The molecule has 1 aliphatic rings. The van der Waals surface area contributed by atoms with Gasteiger partial charge < -0.3 is 10.2 Å². The second-order valence-electron chi connectivity index (χ2n) is 3.50. The summed E-state index contributed by atoms with van der Waals surface area (Å²) < 4.78 is 5.57. The van der Waals surface area contributed by atoms with Gasteiger partial charge in [-0.2, -0.15) is 0 Å². The molecular weight excluding hydrogens is 192 g/mol. The maximum atomic E-state index is 11.0. The third-order valence-electron chi connectivity index (χ3n) is 2.55. The number of carbonyl (C=O) groups is 1. The fourth-order valence-corrected chi connectivity index (χ4v) is 1.83. The van der Waals surface area contributed by atoms with Crippen LogP contribution in [0.1, 0.15) is 11.3 Å². The summed E-state index contributed by atoms with van der Waals surface area (Å²) in [7, 11) is 0. The van der Waals surface area contributed by atoms with E-state index in [9.17, 15) is 4.79 Å². The van der Waals surface area contributed by atoms with E-state index >= 15 is 0 Å². The Balaban J connectivity index is 2.25. The molecule has 3 rings (SSSR count). The molecule has 0 spiro atoms. The summed E-state index contributed by atoms with van der Waals surface area (Å²) >= 11 is 0. The van der Waals surface area contributed by atoms with Gasteiger partial charge in [0.05, 0.1) is 0 Å². The molecule has 0 aliphatic heterocycles. The lowest BCUT2D eigenvalue weighted by atomic mass is 10.2. The van der Waals surface area contributed by atoms with E-state index in [4.69, 9.17) is 10.2 Å². The number of fused-ring (bicyclic) bond motifs is 3. The highest BCUT2D eigenvalue weighted by molar-refractivity contribution is 6.02. The molecule has 15 heavy (non-hydrogen) atoms. The number of hydrogen-bond donors (Lipinski definition) is 1. The molecule has 4 heteroatoms. The van der Waals surface area contributed by atoms with Crippen LogP contribution in [0.4, 0.5) is 0 Å². The molecular formula is C11H8N2O2. The SMILES string of the molecule is NC(=O)C1=Cc2c(oc3cccnc23)C1. The molecule has 74 valence electrons. The fourth-order valence-electron chi connectivity index (χ4n) is 1.83. The molecule has 0 bridgehead atoms. The van der Waals surface area contributed by atoms with Gasteiger partial charge in [-0.05, 0) is 18.2 Å². The van der Waals surface area contributed by atoms with Gasteiger partial charge in [-0.3, -0.25) is 9.78 Å². The minimum absolute atomic E-state index is 0.398. The predicted octanol–water partition coefficient (Wildman–Crippen LogP) is 1.25. The van der Waals surface area contributed by atoms with Crippen LogP contribution < -0.4 is 5.73 Å². The van der Waals surface area contributed by atoms with Gasteiger partial charge in [0.15, 0.2) is 5.58 Å². The first-order valence-electron chi connectivity index (χ1n) is 4.62. The van der Waals surface area contributed by atoms with E-state index in [1.165, 1.54) is 0 Å². The Labute approximate surface area is 85.4 Å². The molecule has 0 aromatic carbocycles. The van der Waals surface area contributed by atoms with Crippen molar-refractivity contribution in [3.05, 3.63) is 35.2 Å². The van der Waals surface area contributed by atoms with Crippen LogP contribution in [0.3, 0.4) is 0 Å². The lowest BCUT2D eigenvalue weighted by Crippen LogP contribution is -2.13. The van der Waals surface area contributed by atoms with Crippen LogP contribution in [0.15, 0.2) is 28.3 Å². The molecule has 0 fully saturated rings. The molecule has 0 radical (unpaired) electrons. The van der Waals surface area contributed by atoms with Crippen LogP contribution in [-0.4, -0.2) is 10.9 Å². The summed E-state index contributed by atoms with van der Waals surface area (Å²) in [5.74, 6) is 0.378. The summed E-state index contributed by atoms with van der Waals surface area (Å²) in [6, 6.07) is 3.68. The third kappa shape index (κ3) is 1.08. The lowest BCUT2D eigenvalue weighted by molar-refractivity contribution is -0.114. The molecule has 0 saturated heterocycles. The van der Waals surface area contributed by atoms with Crippen LogP contribution in [0.25, 0.3) is 17.2 Å². The van der Waals surface area contributed by atoms with E-state index in [2.05, 4.69) is 4.98 Å². The number of carbonyl (C=O) groups excluding carboxylic acids is 1. The molecule has 2 aromatic rings. The number of nitrogens with two attached hydrogens (primary N) is 1. The van der Waals surface area contributed by atoms with Crippen molar-refractivity contribution in [2.45, 2.75) is 6.42 Å². The second kappa shape index (κ2) is 2.70. The average molecular weight is 200 g/mol. The standard InChI is InChI=1S/C11H8N2O2/c12-11(14)6-4-7-9(5-6)15-8-2-1-3-13-10(7)8/h1-4H,5H2,(H2,12,14). The molecule has 2 heterocycles. The number of pyridine rings is 1. The number of amides is 1. The first kappa shape index (κ1) is 8.23. The zero-order chi connectivity index (χ0) is 10.4. The minimum atomic E-state index is -0.398. The normalized spacial score (nSPS) is 14.0. The van der Waals surface area contributed by atoms with Gasteiger partial charge in [-0.1, -0.05) is 0 Å². The van der Waals surface area contributed by atoms with Crippen molar-refractivity contribution in [1.82, 2.24) is 4.98 Å². The Bertz CT molecular complexity index is 596. The van der Waals surface area contributed by atoms with Crippen molar-refractivity contribution in [2.24, 2.45) is 5.73 Å². The highest BCUT2D eigenvalue weighted by atomic mass is 16.3. The molecule has 0 unspecified atom stereocenters. The molecule has 2 aromatic heterocycles. The average Bonchev–Trinajstić information content (AvgIpc) is 2.73. The Morgan fingerprint density at radius 3 is 3.20 bits per heavy atom. The van der Waals surface area contributed by atoms with E-state index in [1.54, 1.807) is 12.3 Å². The number of rotatable bonds is 1. The number of aromatic nitrogens is 1. The topological polar surface area (TPSA) is 69.1 Å². The summed E-state index contributed by atoms with van der Waals surface area (Å²) in [5, 5.41) is 0. The molecule has 1 aliphatic carbocycles. The Hall–Kier alpha value is -2.10. The molecule has 4 nitrogen and oxygen atoms in total. The zero-order valence-corrected chi connectivity index (χ0v) is 7.86. The van der Waals surface area contributed by atoms with Crippen LogP contribution >= 0.6 is 0 Å². The first-order chi connectivity index (χ1) is 7.25. The second-order valence-corrected chi connectivity index (χ2v) is 3.50. The predicted molar refractivity (Wildman–Crippen MR) is 54.9 cm³/mol. The summed E-state index contributed by atoms with van der Waals surface area (Å²) in [6.45, 7) is 0. The van der Waals surface area contributed by atoms with Gasteiger partial charge in [0, 0.05) is 23.8 Å². The van der Waals surface area contributed by atoms with E-state index in [0.29, 0.717) is 12.0 Å². The Morgan fingerprint density at radius 1 is 1.53 bits per heavy atom. The first-order valence-corrected chi connectivity index (χ1v) is 4.62. The van der Waals surface area contributed by atoms with E-state index < -0.39 is 5.91 Å². The van der Waals surface area contributed by atoms with E-state index in [-0.39, 0.29) is 0 Å². The quantitative estimate of drug-likeness (QED) is 0.753. The molecule has 0 saturated carbocycles. The van der Waals surface area contributed by atoms with Crippen molar-refractivity contribution < 1.29 is 9.21 Å². The molecule has 0 atom stereocenters. The summed E-state index contributed by atoms with van der Waals surface area (Å²) in [5.41, 5.74) is 8.23. The Kier molecular flexibility index (Phi) is 1.48. The largest absolute Gasteiger partial charge is 0.458 e. The molecule has 2 N–H and O–H groups in total. The summed E-state index contributed by atoms with van der Waals surface area (Å²) in [6.07, 6.45) is 3.94.